The van der Waals surface area contributed by atoms with Crippen molar-refractivity contribution in [2.24, 2.45) is 5.41 Å². The lowest BCUT2D eigenvalue weighted by Crippen LogP contribution is -2.52. The van der Waals surface area contributed by atoms with E-state index in [4.69, 9.17) is 42.4 Å². The van der Waals surface area contributed by atoms with Crippen LogP contribution in [0.25, 0.3) is 0 Å². The van der Waals surface area contributed by atoms with Crippen LogP contribution >= 0.6 is 23.2 Å². The van der Waals surface area contributed by atoms with Crippen LogP contribution in [0.15, 0.2) is 125 Å². The van der Waals surface area contributed by atoms with Gasteiger partial charge in [0, 0.05) is 90.0 Å². The monoisotopic (exact) mass is 998 g/mol. The molecule has 1 fully saturated rings. The van der Waals surface area contributed by atoms with Crippen LogP contribution in [-0.4, -0.2) is 112 Å². The van der Waals surface area contributed by atoms with Gasteiger partial charge in [-0.3, -0.25) is 38.8 Å². The normalized spacial score (nSPS) is 15.6. The first kappa shape index (κ1) is 53.9. The fourth-order valence-corrected chi connectivity index (χ4v) is 8.98. The third kappa shape index (κ3) is 16.8. The third-order valence-electron chi connectivity index (χ3n) is 12.0. The molecule has 376 valence electrons. The van der Waals surface area contributed by atoms with Gasteiger partial charge in [-0.05, 0) is 68.0 Å². The predicted molar refractivity (Wildman–Crippen MR) is 274 cm³/mol. The maximum absolute atomic E-state index is 13.5. The molecule has 0 spiro atoms. The molecule has 1 atom stereocenters. The minimum atomic E-state index is -0.666. The summed E-state index contributed by atoms with van der Waals surface area (Å²) in [6.07, 6.45) is 0.586. The molecule has 2 aromatic heterocycles. The quantitative estimate of drug-likeness (QED) is 0.0672. The van der Waals surface area contributed by atoms with Gasteiger partial charge in [-0.25, -0.2) is 0 Å². The first-order valence-electron chi connectivity index (χ1n) is 24.0. The first-order valence-corrected chi connectivity index (χ1v) is 24.7. The molecule has 0 N–H and O–H groups in total. The van der Waals surface area contributed by atoms with E-state index in [1.54, 1.807) is 30.3 Å². The van der Waals surface area contributed by atoms with Crippen molar-refractivity contribution in [3.63, 3.8) is 0 Å². The fraction of sp³-hybridized carbons (Fsp3) is 0.444. The van der Waals surface area contributed by atoms with Gasteiger partial charge in [-0.1, -0.05) is 123 Å². The van der Waals surface area contributed by atoms with E-state index in [2.05, 4.69) is 40.4 Å². The second-order valence-corrected chi connectivity index (χ2v) is 20.5. The highest BCUT2D eigenvalue weighted by molar-refractivity contribution is 6.37. The molecule has 1 aliphatic heterocycles. The van der Waals surface area contributed by atoms with Gasteiger partial charge in [0.2, 0.25) is 0 Å². The summed E-state index contributed by atoms with van der Waals surface area (Å²) in [5.41, 5.74) is 1.72. The molecular formula is C54H68Cl2N6O8. The van der Waals surface area contributed by atoms with Crippen molar-refractivity contribution < 1.29 is 28.7 Å². The van der Waals surface area contributed by atoms with Crippen molar-refractivity contribution in [1.82, 2.24) is 29.1 Å². The summed E-state index contributed by atoms with van der Waals surface area (Å²) >= 11 is 12.8. The second kappa shape index (κ2) is 25.6. The zero-order chi connectivity index (χ0) is 50.3. The van der Waals surface area contributed by atoms with Crippen LogP contribution in [0.3, 0.4) is 0 Å². The topological polar surface area (TPSA) is 128 Å². The molecular weight excluding hydrogens is 932 g/mol. The first-order chi connectivity index (χ1) is 33.4. The van der Waals surface area contributed by atoms with Crippen LogP contribution < -0.4 is 25.5 Å². The summed E-state index contributed by atoms with van der Waals surface area (Å²) in [7, 11) is 0. The minimum Gasteiger partial charge on any atom is -0.459 e. The number of aromatic nitrogens is 2. The molecule has 70 heavy (non-hydrogen) atoms. The largest absolute Gasteiger partial charge is 0.459 e. The molecule has 0 aliphatic carbocycles. The summed E-state index contributed by atoms with van der Waals surface area (Å²) in [4.78, 5) is 75.3. The van der Waals surface area contributed by atoms with E-state index in [-0.39, 0.29) is 70.5 Å². The Morgan fingerprint density at radius 3 is 1.46 bits per heavy atom. The minimum absolute atomic E-state index is 0.0686. The highest BCUT2D eigenvalue weighted by Gasteiger charge is 2.33. The average molecular weight is 1000 g/mol. The van der Waals surface area contributed by atoms with E-state index in [1.807, 2.05) is 93.6 Å². The van der Waals surface area contributed by atoms with Crippen molar-refractivity contribution in [2.45, 2.75) is 92.3 Å². The number of para-hydroxylation sites is 1. The Bertz CT molecular complexity index is 2440. The van der Waals surface area contributed by atoms with Crippen molar-refractivity contribution >= 4 is 35.1 Å². The molecule has 3 heterocycles. The van der Waals surface area contributed by atoms with Gasteiger partial charge in [-0.15, -0.1) is 9.46 Å². The maximum atomic E-state index is 13.5. The SMILES string of the molecule is CC(C)(C)OC(=O)CN1CCN(Cc2cccc(=O)n2OCc2ccccc2)CCN([C@@H](CCC(=O)Oc2c(Cl)cccc2Cl)C(C)(C)C)CCN(Cc2cccc(=O)n2OCc2ccccc2)CC1. The Morgan fingerprint density at radius 2 is 1.00 bits per heavy atom. The zero-order valence-corrected chi connectivity index (χ0v) is 42.9. The van der Waals surface area contributed by atoms with E-state index >= 15 is 0 Å². The Balaban J connectivity index is 1.32. The van der Waals surface area contributed by atoms with Crippen molar-refractivity contribution in [3.8, 4) is 5.75 Å². The Hall–Kier alpha value is -5.48. The molecule has 1 aliphatic rings. The molecule has 0 radical (unpaired) electrons. The number of carbonyl (C=O) groups excluding carboxylic acids is 2. The smallest absolute Gasteiger partial charge is 0.320 e. The van der Waals surface area contributed by atoms with E-state index in [0.29, 0.717) is 83.3 Å². The molecule has 0 saturated carbocycles. The molecule has 14 nitrogen and oxygen atoms in total. The van der Waals surface area contributed by atoms with Crippen LogP contribution in [0.1, 0.15) is 76.9 Å². The number of pyridine rings is 2. The van der Waals surface area contributed by atoms with Crippen LogP contribution in [0.5, 0.6) is 5.75 Å². The van der Waals surface area contributed by atoms with E-state index in [0.717, 1.165) is 11.1 Å². The number of hydrogen-bond donors (Lipinski definition) is 0. The van der Waals surface area contributed by atoms with Gasteiger partial charge < -0.3 is 19.1 Å². The lowest BCUT2D eigenvalue weighted by Gasteiger charge is -2.42. The summed E-state index contributed by atoms with van der Waals surface area (Å²) in [5.74, 6) is -0.632. The van der Waals surface area contributed by atoms with Gasteiger partial charge in [-0.2, -0.15) is 0 Å². The highest BCUT2D eigenvalue weighted by Crippen LogP contribution is 2.34. The van der Waals surface area contributed by atoms with Gasteiger partial charge in [0.05, 0.1) is 28.0 Å². The average Bonchev–Trinajstić information content (AvgIpc) is 3.30. The Kier molecular flexibility index (Phi) is 19.7. The number of hydrogen-bond acceptors (Lipinski definition) is 12. The second-order valence-electron chi connectivity index (χ2n) is 19.7. The lowest BCUT2D eigenvalue weighted by molar-refractivity contribution is -0.156. The third-order valence-corrected chi connectivity index (χ3v) is 12.6. The zero-order valence-electron chi connectivity index (χ0n) is 41.4. The molecule has 1 saturated heterocycles. The fourth-order valence-electron chi connectivity index (χ4n) is 8.51. The molecule has 3 aromatic carbocycles. The van der Waals surface area contributed by atoms with Crippen molar-refractivity contribution in [1.29, 1.82) is 0 Å². The van der Waals surface area contributed by atoms with Crippen LogP contribution in [0, 0.1) is 5.41 Å². The molecule has 0 bridgehead atoms. The standard InChI is InChI=1S/C54H68Cl2N6O8/c1-53(2,3)47(26-27-50(65)69-52-45(55)22-15-23-46(52)56)60-34-32-57(36-43-20-13-24-48(63)61(43)67-39-41-16-9-7-10-17-41)28-30-59(38-51(66)70-54(4,5)6)31-29-58(33-35-60)37-44-21-14-25-49(64)62(44)68-40-42-18-11-8-12-19-42/h7-25,47H,26-40H2,1-6H3/t47-/m0/s1. The molecule has 5 aromatic rings. The highest BCUT2D eigenvalue weighted by atomic mass is 35.5. The number of benzene rings is 3. The Labute approximate surface area is 422 Å². The number of carbonyl (C=O) groups is 2. The van der Waals surface area contributed by atoms with Gasteiger partial charge in [0.25, 0.3) is 11.1 Å². The maximum Gasteiger partial charge on any atom is 0.320 e. The molecule has 0 amide bonds. The lowest BCUT2D eigenvalue weighted by atomic mass is 9.82. The van der Waals surface area contributed by atoms with E-state index in [1.165, 1.54) is 21.6 Å². The van der Waals surface area contributed by atoms with Gasteiger partial charge in [0.1, 0.15) is 18.8 Å². The van der Waals surface area contributed by atoms with Crippen molar-refractivity contribution in [2.75, 3.05) is 58.9 Å². The molecule has 16 heteroatoms. The number of rotatable bonds is 17. The summed E-state index contributed by atoms with van der Waals surface area (Å²) in [6, 6.07) is 34.5. The van der Waals surface area contributed by atoms with Crippen LogP contribution in [0.4, 0.5) is 0 Å². The van der Waals surface area contributed by atoms with E-state index in [9.17, 15) is 19.2 Å². The van der Waals surface area contributed by atoms with Crippen molar-refractivity contribution in [3.05, 3.63) is 169 Å². The summed E-state index contributed by atoms with van der Waals surface area (Å²) in [5, 5.41) is 0.509. The van der Waals surface area contributed by atoms with E-state index < -0.39 is 11.6 Å². The number of nitrogens with zero attached hydrogens (tertiary/aromatic N) is 6. The number of esters is 2. The summed E-state index contributed by atoms with van der Waals surface area (Å²) in [6.45, 7) is 17.7. The predicted octanol–water partition coefficient (Wildman–Crippen LogP) is 7.64. The van der Waals surface area contributed by atoms with Crippen LogP contribution in [0.2, 0.25) is 10.0 Å². The summed E-state index contributed by atoms with van der Waals surface area (Å²) < 4.78 is 14.3. The van der Waals surface area contributed by atoms with Gasteiger partial charge in [0.15, 0.2) is 5.75 Å². The number of ether oxygens (including phenoxy) is 2. The molecule has 0 unspecified atom stereocenters. The number of halogens is 2. The molecule has 6 rings (SSSR count). The Morgan fingerprint density at radius 1 is 0.557 bits per heavy atom. The van der Waals surface area contributed by atoms with Gasteiger partial charge >= 0.3 is 11.9 Å². The van der Waals surface area contributed by atoms with Crippen LogP contribution in [-0.2, 0) is 40.6 Å².